The maximum absolute atomic E-state index is 12.6. The Morgan fingerprint density at radius 3 is 2.85 bits per heavy atom. The predicted molar refractivity (Wildman–Crippen MR) is 111 cm³/mol. The second-order valence-electron chi connectivity index (χ2n) is 6.53. The molecule has 11 heteroatoms. The minimum atomic E-state index is 0. The number of halogens is 1. The second-order valence-corrected chi connectivity index (χ2v) is 6.53. The predicted octanol–water partition coefficient (Wildman–Crippen LogP) is -0.000000000000000167. The molecule has 10 nitrogen and oxygen atoms in total. The molecule has 2 aliphatic heterocycles. The monoisotopic (exact) mass is 485 g/mol. The third-order valence-corrected chi connectivity index (χ3v) is 4.83. The molecule has 146 valence electrons. The van der Waals surface area contributed by atoms with Gasteiger partial charge in [0.25, 0.3) is 0 Å². The van der Waals surface area contributed by atoms with Crippen LogP contribution in [0.1, 0.15) is 18.1 Å². The first kappa shape index (κ1) is 19.6. The van der Waals surface area contributed by atoms with Gasteiger partial charge in [-0.25, -0.2) is 0 Å². The van der Waals surface area contributed by atoms with Crippen molar-refractivity contribution in [3.05, 3.63) is 24.0 Å². The summed E-state index contributed by atoms with van der Waals surface area (Å²) in [5.41, 5.74) is 0.833. The van der Waals surface area contributed by atoms with Gasteiger partial charge in [-0.05, 0) is 6.42 Å². The van der Waals surface area contributed by atoms with E-state index in [9.17, 15) is 4.79 Å². The van der Waals surface area contributed by atoms with Gasteiger partial charge in [0.05, 0.1) is 18.4 Å². The molecule has 0 saturated carbocycles. The van der Waals surface area contributed by atoms with Crippen molar-refractivity contribution in [1.29, 1.82) is 0 Å². The van der Waals surface area contributed by atoms with Crippen molar-refractivity contribution >= 4 is 41.5 Å². The van der Waals surface area contributed by atoms with E-state index in [2.05, 4.69) is 30.2 Å². The zero-order valence-electron chi connectivity index (χ0n) is 15.5. The minimum Gasteiger partial charge on any atom is -0.349 e. The van der Waals surface area contributed by atoms with E-state index in [1.807, 2.05) is 18.1 Å². The fraction of sp³-hybridized carbons (Fsp3) is 0.562. The Balaban J connectivity index is 0.00000210. The summed E-state index contributed by atoms with van der Waals surface area (Å²) in [5.74, 6) is 2.71. The molecule has 1 N–H and O–H groups in total. The van der Waals surface area contributed by atoms with Crippen molar-refractivity contribution in [3.8, 4) is 0 Å². The molecule has 1 fully saturated rings. The third-order valence-electron chi connectivity index (χ3n) is 4.83. The summed E-state index contributed by atoms with van der Waals surface area (Å²) in [5, 5.41) is 15.9. The Bertz CT molecular complexity index is 843. The molecule has 0 aliphatic carbocycles. The highest BCUT2D eigenvalue weighted by molar-refractivity contribution is 14.0. The van der Waals surface area contributed by atoms with Crippen LogP contribution in [0.2, 0.25) is 0 Å². The number of nitrogens with zero attached hydrogens (tertiary/aromatic N) is 8. The Hall–Kier alpha value is -2.18. The van der Waals surface area contributed by atoms with Gasteiger partial charge in [-0.3, -0.25) is 14.5 Å². The quantitative estimate of drug-likeness (QED) is 0.374. The van der Waals surface area contributed by atoms with Crippen LogP contribution in [-0.2, 0) is 31.4 Å². The van der Waals surface area contributed by atoms with E-state index in [4.69, 9.17) is 0 Å². The summed E-state index contributed by atoms with van der Waals surface area (Å²) in [4.78, 5) is 20.6. The molecule has 2 aromatic heterocycles. The zero-order valence-corrected chi connectivity index (χ0v) is 17.8. The van der Waals surface area contributed by atoms with Crippen LogP contribution in [0.5, 0.6) is 0 Å². The Labute approximate surface area is 174 Å². The van der Waals surface area contributed by atoms with Crippen LogP contribution in [0.25, 0.3) is 0 Å². The van der Waals surface area contributed by atoms with E-state index in [-0.39, 0.29) is 36.4 Å². The number of aryl methyl sites for hydroxylation is 2. The number of hydrogen-bond acceptors (Lipinski definition) is 5. The highest BCUT2D eigenvalue weighted by atomic mass is 127. The maximum atomic E-state index is 12.6. The Morgan fingerprint density at radius 2 is 2.15 bits per heavy atom. The lowest BCUT2D eigenvalue weighted by atomic mass is 10.3. The van der Waals surface area contributed by atoms with Gasteiger partial charge in [0, 0.05) is 46.3 Å². The molecule has 4 rings (SSSR count). The van der Waals surface area contributed by atoms with Crippen molar-refractivity contribution in [2.75, 3.05) is 31.6 Å². The lowest BCUT2D eigenvalue weighted by Crippen LogP contribution is -2.55. The molecule has 4 heterocycles. The molecule has 0 atom stereocenters. The summed E-state index contributed by atoms with van der Waals surface area (Å²) in [6, 6.07) is 0. The number of piperazine rings is 1. The average Bonchev–Trinajstić information content (AvgIpc) is 3.34. The number of carbonyl (C=O) groups excluding carboxylic acids is 1. The number of nitrogens with one attached hydrogen (secondary N) is 1. The van der Waals surface area contributed by atoms with Gasteiger partial charge in [-0.15, -0.1) is 34.2 Å². The van der Waals surface area contributed by atoms with Crippen LogP contribution in [0.15, 0.2) is 17.4 Å². The number of aliphatic imine (C=N–C) groups is 1. The minimum absolute atomic E-state index is 0. The standard InChI is InChI=1S/C16H23N9O.HI/c1-17-16(18-9-14-21-20-13-4-3-5-25(13)14)23-6-7-24(15(26)11-23)12-8-19-22(2)10-12;/h8,10H,3-7,9,11H2,1-2H3,(H,17,18);1H. The van der Waals surface area contributed by atoms with Crippen LogP contribution in [0.3, 0.4) is 0 Å². The van der Waals surface area contributed by atoms with Crippen LogP contribution < -0.4 is 10.2 Å². The van der Waals surface area contributed by atoms with Gasteiger partial charge < -0.3 is 19.7 Å². The van der Waals surface area contributed by atoms with Gasteiger partial charge in [0.2, 0.25) is 5.91 Å². The van der Waals surface area contributed by atoms with Crippen molar-refractivity contribution in [2.24, 2.45) is 12.0 Å². The molecule has 27 heavy (non-hydrogen) atoms. The molecule has 2 aromatic rings. The molecule has 0 aromatic carbocycles. The van der Waals surface area contributed by atoms with Crippen LogP contribution in [0, 0.1) is 0 Å². The largest absolute Gasteiger partial charge is 0.349 e. The zero-order chi connectivity index (χ0) is 18.1. The van der Waals surface area contributed by atoms with Crippen LogP contribution in [-0.4, -0.2) is 68.0 Å². The Kier molecular flexibility index (Phi) is 5.97. The van der Waals surface area contributed by atoms with E-state index >= 15 is 0 Å². The number of amides is 1. The summed E-state index contributed by atoms with van der Waals surface area (Å²) in [6.07, 6.45) is 5.68. The first-order chi connectivity index (χ1) is 12.7. The van der Waals surface area contributed by atoms with E-state index in [1.165, 1.54) is 0 Å². The van der Waals surface area contributed by atoms with Crippen molar-refractivity contribution in [2.45, 2.75) is 25.9 Å². The van der Waals surface area contributed by atoms with Crippen LogP contribution in [0.4, 0.5) is 5.69 Å². The SMILES string of the molecule is CN=C(NCc1nnc2n1CCC2)N1CCN(c2cnn(C)c2)C(=O)C1.I. The fourth-order valence-corrected chi connectivity index (χ4v) is 3.51. The highest BCUT2D eigenvalue weighted by Crippen LogP contribution is 2.16. The molecule has 1 saturated heterocycles. The van der Waals surface area contributed by atoms with Gasteiger partial charge >= 0.3 is 0 Å². The number of anilines is 1. The maximum Gasteiger partial charge on any atom is 0.246 e. The molecule has 0 spiro atoms. The van der Waals surface area contributed by atoms with E-state index in [0.29, 0.717) is 25.6 Å². The van der Waals surface area contributed by atoms with Gasteiger partial charge in [-0.2, -0.15) is 5.10 Å². The number of guanidine groups is 1. The molecule has 0 radical (unpaired) electrons. The molecule has 2 aliphatic rings. The summed E-state index contributed by atoms with van der Waals surface area (Å²) < 4.78 is 3.86. The number of rotatable bonds is 3. The number of fused-ring (bicyclic) bond motifs is 1. The van der Waals surface area contributed by atoms with E-state index in [0.717, 1.165) is 36.7 Å². The lowest BCUT2D eigenvalue weighted by molar-refractivity contribution is -0.120. The first-order valence-electron chi connectivity index (χ1n) is 8.81. The van der Waals surface area contributed by atoms with Gasteiger partial charge in [-0.1, -0.05) is 0 Å². The summed E-state index contributed by atoms with van der Waals surface area (Å²) >= 11 is 0. The number of hydrogen-bond donors (Lipinski definition) is 1. The number of aromatic nitrogens is 5. The van der Waals surface area contributed by atoms with Crippen molar-refractivity contribution < 1.29 is 4.79 Å². The molecular weight excluding hydrogens is 461 g/mol. The molecular formula is C16H24IN9O. The average molecular weight is 485 g/mol. The van der Waals surface area contributed by atoms with Gasteiger partial charge in [0.15, 0.2) is 11.8 Å². The van der Waals surface area contributed by atoms with E-state index < -0.39 is 0 Å². The van der Waals surface area contributed by atoms with Crippen molar-refractivity contribution in [3.63, 3.8) is 0 Å². The lowest BCUT2D eigenvalue weighted by Gasteiger charge is -2.35. The van der Waals surface area contributed by atoms with Crippen LogP contribution >= 0.6 is 24.0 Å². The molecule has 1 amide bonds. The Morgan fingerprint density at radius 1 is 1.30 bits per heavy atom. The van der Waals surface area contributed by atoms with Gasteiger partial charge in [0.1, 0.15) is 12.4 Å². The normalized spacial score (nSPS) is 17.1. The molecule has 0 unspecified atom stereocenters. The fourth-order valence-electron chi connectivity index (χ4n) is 3.51. The van der Waals surface area contributed by atoms with E-state index in [1.54, 1.807) is 22.8 Å². The summed E-state index contributed by atoms with van der Waals surface area (Å²) in [7, 11) is 3.58. The molecule has 0 bridgehead atoms. The number of carbonyl (C=O) groups is 1. The van der Waals surface area contributed by atoms with Crippen molar-refractivity contribution in [1.82, 2.24) is 34.8 Å². The smallest absolute Gasteiger partial charge is 0.246 e. The summed E-state index contributed by atoms with van der Waals surface area (Å²) in [6.45, 7) is 3.12. The second kappa shape index (κ2) is 8.23. The topological polar surface area (TPSA) is 96.5 Å². The first-order valence-corrected chi connectivity index (χ1v) is 8.81. The highest BCUT2D eigenvalue weighted by Gasteiger charge is 2.28. The third kappa shape index (κ3) is 3.92.